The van der Waals surface area contributed by atoms with E-state index in [1.165, 1.54) is 22.5 Å². The van der Waals surface area contributed by atoms with E-state index in [1.807, 2.05) is 38.1 Å². The third kappa shape index (κ3) is 4.52. The minimum Gasteiger partial charge on any atom is -0.325 e. The molecule has 0 bridgehead atoms. The summed E-state index contributed by atoms with van der Waals surface area (Å²) in [5, 5.41) is 2.79. The van der Waals surface area contributed by atoms with Crippen LogP contribution in [-0.2, 0) is 11.3 Å². The minimum absolute atomic E-state index is 0.0455. The van der Waals surface area contributed by atoms with Gasteiger partial charge in [0.2, 0.25) is 5.91 Å². The van der Waals surface area contributed by atoms with E-state index >= 15 is 0 Å². The molecule has 0 atom stereocenters. The number of nitrogens with one attached hydrogen (secondary N) is 1. The first kappa shape index (κ1) is 16.9. The number of nitrogens with zero attached hydrogens (tertiary/aromatic N) is 2. The average Bonchev–Trinajstić information content (AvgIpc) is 2.49. The summed E-state index contributed by atoms with van der Waals surface area (Å²) < 4.78 is 1.31. The van der Waals surface area contributed by atoms with Gasteiger partial charge in [-0.25, -0.2) is 4.98 Å². The van der Waals surface area contributed by atoms with Crippen molar-refractivity contribution in [1.82, 2.24) is 9.55 Å². The van der Waals surface area contributed by atoms with Crippen molar-refractivity contribution < 1.29 is 4.79 Å². The molecule has 0 fully saturated rings. The lowest BCUT2D eigenvalue weighted by molar-refractivity contribution is -0.116. The van der Waals surface area contributed by atoms with Crippen molar-refractivity contribution in [3.8, 4) is 0 Å². The molecule has 122 valence electrons. The fourth-order valence-corrected chi connectivity index (χ4v) is 2.18. The molecule has 0 radical (unpaired) electrons. The maximum absolute atomic E-state index is 12.1. The fraction of sp³-hybridized carbons (Fsp3) is 0.389. The van der Waals surface area contributed by atoms with Crippen LogP contribution < -0.4 is 10.9 Å². The fourth-order valence-electron chi connectivity index (χ4n) is 2.18. The number of carbonyl (C=O) groups excluding carboxylic acids is 1. The van der Waals surface area contributed by atoms with Gasteiger partial charge in [-0.3, -0.25) is 14.2 Å². The summed E-state index contributed by atoms with van der Waals surface area (Å²) in [4.78, 5) is 28.3. The number of rotatable bonds is 5. The molecule has 0 unspecified atom stereocenters. The van der Waals surface area contributed by atoms with Gasteiger partial charge in [0.1, 0.15) is 6.54 Å². The van der Waals surface area contributed by atoms with E-state index in [4.69, 9.17) is 0 Å². The van der Waals surface area contributed by atoms with E-state index in [2.05, 4.69) is 24.1 Å². The number of benzene rings is 1. The second kappa shape index (κ2) is 7.22. The van der Waals surface area contributed by atoms with Gasteiger partial charge in [0.05, 0.1) is 12.0 Å². The maximum atomic E-state index is 12.1. The lowest BCUT2D eigenvalue weighted by Crippen LogP contribution is -2.28. The SMILES string of the molecule is CC(C)c1ccc(NC(=O)Cn2cnc(C(C)C)cc2=O)cc1. The third-order valence-corrected chi connectivity index (χ3v) is 3.67. The summed E-state index contributed by atoms with van der Waals surface area (Å²) in [5.41, 5.74) is 2.46. The van der Waals surface area contributed by atoms with E-state index in [-0.39, 0.29) is 23.9 Å². The summed E-state index contributed by atoms with van der Waals surface area (Å²) >= 11 is 0. The first-order valence-electron chi connectivity index (χ1n) is 7.83. The molecule has 0 spiro atoms. The molecule has 1 aromatic carbocycles. The van der Waals surface area contributed by atoms with Gasteiger partial charge in [-0.2, -0.15) is 0 Å². The molecular formula is C18H23N3O2. The zero-order valence-electron chi connectivity index (χ0n) is 14.0. The minimum atomic E-state index is -0.247. The van der Waals surface area contributed by atoms with Crippen LogP contribution >= 0.6 is 0 Å². The third-order valence-electron chi connectivity index (χ3n) is 3.67. The van der Waals surface area contributed by atoms with Crippen LogP contribution in [0.1, 0.15) is 50.8 Å². The van der Waals surface area contributed by atoms with Crippen LogP contribution in [0.25, 0.3) is 0 Å². The summed E-state index contributed by atoms with van der Waals surface area (Å²) in [7, 11) is 0. The molecule has 0 saturated heterocycles. The molecule has 1 aromatic heterocycles. The number of hydrogen-bond donors (Lipinski definition) is 1. The second-order valence-corrected chi connectivity index (χ2v) is 6.26. The highest BCUT2D eigenvalue weighted by Crippen LogP contribution is 2.17. The van der Waals surface area contributed by atoms with E-state index in [9.17, 15) is 9.59 Å². The Bertz CT molecular complexity index is 731. The first-order valence-corrected chi connectivity index (χ1v) is 7.83. The van der Waals surface area contributed by atoms with Crippen LogP contribution in [0.5, 0.6) is 0 Å². The average molecular weight is 313 g/mol. The Balaban J connectivity index is 2.03. The van der Waals surface area contributed by atoms with Gasteiger partial charge < -0.3 is 5.32 Å². The number of hydrogen-bond acceptors (Lipinski definition) is 3. The monoisotopic (exact) mass is 313 g/mol. The summed E-state index contributed by atoms with van der Waals surface area (Å²) in [6.07, 6.45) is 1.43. The van der Waals surface area contributed by atoms with Gasteiger partial charge in [-0.05, 0) is 29.5 Å². The largest absolute Gasteiger partial charge is 0.325 e. The molecule has 1 N–H and O–H groups in total. The van der Waals surface area contributed by atoms with Crippen LogP contribution in [-0.4, -0.2) is 15.5 Å². The molecule has 0 aliphatic heterocycles. The van der Waals surface area contributed by atoms with Crippen LogP contribution in [0.4, 0.5) is 5.69 Å². The second-order valence-electron chi connectivity index (χ2n) is 6.26. The zero-order valence-corrected chi connectivity index (χ0v) is 14.0. The van der Waals surface area contributed by atoms with E-state index in [0.29, 0.717) is 5.92 Å². The van der Waals surface area contributed by atoms with Crippen molar-refractivity contribution >= 4 is 11.6 Å². The molecule has 2 rings (SSSR count). The predicted molar refractivity (Wildman–Crippen MR) is 91.7 cm³/mol. The van der Waals surface area contributed by atoms with E-state index < -0.39 is 0 Å². The Kier molecular flexibility index (Phi) is 5.32. The van der Waals surface area contributed by atoms with Crippen molar-refractivity contribution in [3.05, 3.63) is 58.3 Å². The standard InChI is InChI=1S/C18H23N3O2/c1-12(2)14-5-7-15(8-6-14)20-17(22)10-21-11-19-16(13(3)4)9-18(21)23/h5-9,11-13H,10H2,1-4H3,(H,20,22). The van der Waals surface area contributed by atoms with Crippen molar-refractivity contribution in [2.75, 3.05) is 5.32 Å². The Labute approximate surface area is 136 Å². The number of carbonyl (C=O) groups is 1. The lowest BCUT2D eigenvalue weighted by Gasteiger charge is -2.10. The zero-order chi connectivity index (χ0) is 17.0. The molecule has 0 aliphatic rings. The van der Waals surface area contributed by atoms with E-state index in [0.717, 1.165) is 11.4 Å². The van der Waals surface area contributed by atoms with E-state index in [1.54, 1.807) is 0 Å². The van der Waals surface area contributed by atoms with Crippen molar-refractivity contribution in [2.24, 2.45) is 0 Å². The number of anilines is 1. The smallest absolute Gasteiger partial charge is 0.254 e. The summed E-state index contributed by atoms with van der Waals surface area (Å²) in [6.45, 7) is 8.14. The molecule has 1 amide bonds. The normalized spacial score (nSPS) is 11.0. The van der Waals surface area contributed by atoms with Gasteiger partial charge in [-0.1, -0.05) is 39.8 Å². The first-order chi connectivity index (χ1) is 10.9. The molecule has 0 saturated carbocycles. The number of aromatic nitrogens is 2. The predicted octanol–water partition coefficient (Wildman–Crippen LogP) is 3.13. The van der Waals surface area contributed by atoms with Crippen molar-refractivity contribution in [3.63, 3.8) is 0 Å². The molecule has 5 heteroatoms. The Morgan fingerprint density at radius 2 is 1.78 bits per heavy atom. The molecule has 5 nitrogen and oxygen atoms in total. The molecule has 2 aromatic rings. The Hall–Kier alpha value is -2.43. The highest BCUT2D eigenvalue weighted by atomic mass is 16.2. The van der Waals surface area contributed by atoms with Crippen LogP contribution in [0, 0.1) is 0 Å². The van der Waals surface area contributed by atoms with Gasteiger partial charge in [0.15, 0.2) is 0 Å². The summed E-state index contributed by atoms with van der Waals surface area (Å²) in [5.74, 6) is 0.387. The van der Waals surface area contributed by atoms with Gasteiger partial charge in [0, 0.05) is 11.8 Å². The maximum Gasteiger partial charge on any atom is 0.254 e. The summed E-state index contributed by atoms with van der Waals surface area (Å²) in [6, 6.07) is 9.21. The lowest BCUT2D eigenvalue weighted by atomic mass is 10.0. The van der Waals surface area contributed by atoms with Gasteiger partial charge >= 0.3 is 0 Å². The van der Waals surface area contributed by atoms with Gasteiger partial charge in [-0.15, -0.1) is 0 Å². The topological polar surface area (TPSA) is 64.0 Å². The number of amides is 1. The van der Waals surface area contributed by atoms with Crippen molar-refractivity contribution in [2.45, 2.75) is 46.1 Å². The van der Waals surface area contributed by atoms with Crippen molar-refractivity contribution in [1.29, 1.82) is 0 Å². The quantitative estimate of drug-likeness (QED) is 0.922. The molecular weight excluding hydrogens is 290 g/mol. The molecule has 0 aliphatic carbocycles. The molecule has 1 heterocycles. The molecule has 23 heavy (non-hydrogen) atoms. The highest BCUT2D eigenvalue weighted by Gasteiger charge is 2.08. The Morgan fingerprint density at radius 3 is 2.30 bits per heavy atom. The van der Waals surface area contributed by atoms with Gasteiger partial charge in [0.25, 0.3) is 5.56 Å². The highest BCUT2D eigenvalue weighted by molar-refractivity contribution is 5.90. The van der Waals surface area contributed by atoms with Crippen LogP contribution in [0.15, 0.2) is 41.5 Å². The van der Waals surface area contributed by atoms with Crippen LogP contribution in [0.2, 0.25) is 0 Å². The van der Waals surface area contributed by atoms with Crippen LogP contribution in [0.3, 0.4) is 0 Å². The Morgan fingerprint density at radius 1 is 1.13 bits per heavy atom.